The second-order valence-electron chi connectivity index (χ2n) is 2.97. The van der Waals surface area contributed by atoms with Crippen molar-refractivity contribution in [3.8, 4) is 0 Å². The van der Waals surface area contributed by atoms with Crippen molar-refractivity contribution in [1.82, 2.24) is 4.90 Å². The van der Waals surface area contributed by atoms with Gasteiger partial charge in [-0.1, -0.05) is 0 Å². The molecule has 1 amide bonds. The minimum Gasteiger partial charge on any atom is -0.465 e. The van der Waals surface area contributed by atoms with Crippen LogP contribution in [0.4, 0.5) is 13.6 Å². The molecular weight excluding hydrogens is 168 g/mol. The molecule has 12 heavy (non-hydrogen) atoms. The van der Waals surface area contributed by atoms with E-state index in [1.165, 1.54) is 0 Å². The molecule has 0 saturated carbocycles. The summed E-state index contributed by atoms with van der Waals surface area (Å²) in [4.78, 5) is 11.5. The Balaban J connectivity index is 2.46. The highest BCUT2D eigenvalue weighted by Crippen LogP contribution is 2.22. The van der Waals surface area contributed by atoms with Crippen LogP contribution >= 0.6 is 0 Å². The maximum atomic E-state index is 12.1. The Morgan fingerprint density at radius 1 is 1.58 bits per heavy atom. The monoisotopic (exact) mass is 179 g/mol. The molecule has 1 atom stereocenters. The maximum absolute atomic E-state index is 12.1. The molecular formula is C7H11F2NO2. The Kier molecular flexibility index (Phi) is 2.83. The molecule has 1 N–H and O–H groups in total. The predicted octanol–water partition coefficient (Wildman–Crippen LogP) is 1.64. The van der Waals surface area contributed by atoms with Gasteiger partial charge in [0.25, 0.3) is 0 Å². The molecule has 0 bridgehead atoms. The highest BCUT2D eigenvalue weighted by Gasteiger charge is 2.28. The lowest BCUT2D eigenvalue weighted by Crippen LogP contribution is -2.41. The molecule has 0 aromatic carbocycles. The Hall–Kier alpha value is -0.870. The molecule has 1 aliphatic heterocycles. The molecule has 1 rings (SSSR count). The summed E-state index contributed by atoms with van der Waals surface area (Å²) in [6.45, 7) is 0.367. The number of hydrogen-bond donors (Lipinski definition) is 1. The first kappa shape index (κ1) is 9.22. The largest absolute Gasteiger partial charge is 0.465 e. The fourth-order valence-corrected chi connectivity index (χ4v) is 1.39. The first-order valence-corrected chi connectivity index (χ1v) is 3.87. The van der Waals surface area contributed by atoms with Crippen LogP contribution in [0.15, 0.2) is 0 Å². The third kappa shape index (κ3) is 2.06. The Morgan fingerprint density at radius 3 is 2.75 bits per heavy atom. The van der Waals surface area contributed by atoms with Gasteiger partial charge in [-0.2, -0.15) is 0 Å². The smallest absolute Gasteiger partial charge is 0.407 e. The van der Waals surface area contributed by atoms with Crippen molar-refractivity contribution in [2.45, 2.75) is 19.3 Å². The van der Waals surface area contributed by atoms with E-state index in [4.69, 9.17) is 5.11 Å². The van der Waals surface area contributed by atoms with Crippen molar-refractivity contribution in [3.63, 3.8) is 0 Å². The van der Waals surface area contributed by atoms with Crippen molar-refractivity contribution < 1.29 is 18.7 Å². The standard InChI is InChI=1S/C7H11F2NO2/c8-6(9)5-2-1-3-10(4-5)7(11)12/h5-6H,1-4H2,(H,11,12)/t5-/m0/s1. The van der Waals surface area contributed by atoms with E-state index in [0.717, 1.165) is 4.90 Å². The highest BCUT2D eigenvalue weighted by molar-refractivity contribution is 5.65. The van der Waals surface area contributed by atoms with E-state index in [9.17, 15) is 13.6 Å². The van der Waals surface area contributed by atoms with Crippen LogP contribution < -0.4 is 0 Å². The van der Waals surface area contributed by atoms with E-state index in [-0.39, 0.29) is 6.54 Å². The van der Waals surface area contributed by atoms with E-state index in [1.54, 1.807) is 0 Å². The fourth-order valence-electron chi connectivity index (χ4n) is 1.39. The zero-order chi connectivity index (χ0) is 9.14. The van der Waals surface area contributed by atoms with E-state index >= 15 is 0 Å². The van der Waals surface area contributed by atoms with Gasteiger partial charge in [0, 0.05) is 19.0 Å². The zero-order valence-corrected chi connectivity index (χ0v) is 6.54. The quantitative estimate of drug-likeness (QED) is 0.664. The highest BCUT2D eigenvalue weighted by atomic mass is 19.3. The summed E-state index contributed by atoms with van der Waals surface area (Å²) >= 11 is 0. The van der Waals surface area contributed by atoms with E-state index in [0.29, 0.717) is 19.4 Å². The van der Waals surface area contributed by atoms with Crippen LogP contribution in [-0.2, 0) is 0 Å². The lowest BCUT2D eigenvalue weighted by atomic mass is 9.99. The number of halogens is 2. The van der Waals surface area contributed by atoms with Gasteiger partial charge in [0.1, 0.15) is 0 Å². The Labute approximate surface area is 69.0 Å². The average Bonchev–Trinajstić information content (AvgIpc) is 2.04. The summed E-state index contributed by atoms with van der Waals surface area (Å²) < 4.78 is 24.3. The molecule has 0 spiro atoms. The second-order valence-corrected chi connectivity index (χ2v) is 2.97. The van der Waals surface area contributed by atoms with Crippen LogP contribution in [0.5, 0.6) is 0 Å². The number of nitrogens with zero attached hydrogens (tertiary/aromatic N) is 1. The second kappa shape index (κ2) is 3.69. The number of hydrogen-bond acceptors (Lipinski definition) is 1. The molecule has 3 nitrogen and oxygen atoms in total. The Morgan fingerprint density at radius 2 is 2.25 bits per heavy atom. The van der Waals surface area contributed by atoms with E-state index in [2.05, 4.69) is 0 Å². The molecule has 0 aromatic heterocycles. The zero-order valence-electron chi connectivity index (χ0n) is 6.54. The van der Waals surface area contributed by atoms with Crippen LogP contribution in [-0.4, -0.2) is 35.6 Å². The number of likely N-dealkylation sites (tertiary alicyclic amines) is 1. The number of carbonyl (C=O) groups is 1. The molecule has 1 heterocycles. The van der Waals surface area contributed by atoms with Gasteiger partial charge < -0.3 is 10.0 Å². The van der Waals surface area contributed by atoms with Crippen LogP contribution in [0.1, 0.15) is 12.8 Å². The van der Waals surface area contributed by atoms with Gasteiger partial charge in [0.2, 0.25) is 6.43 Å². The molecule has 0 radical (unpaired) electrons. The van der Waals surface area contributed by atoms with Gasteiger partial charge >= 0.3 is 6.09 Å². The van der Waals surface area contributed by atoms with Crippen molar-refractivity contribution in [3.05, 3.63) is 0 Å². The van der Waals surface area contributed by atoms with E-state index in [1.807, 2.05) is 0 Å². The van der Waals surface area contributed by atoms with Gasteiger partial charge in [0.15, 0.2) is 0 Å². The van der Waals surface area contributed by atoms with Crippen molar-refractivity contribution in [2.24, 2.45) is 5.92 Å². The first-order chi connectivity index (χ1) is 5.61. The normalized spacial score (nSPS) is 24.6. The van der Waals surface area contributed by atoms with Crippen molar-refractivity contribution >= 4 is 6.09 Å². The number of amides is 1. The first-order valence-electron chi connectivity index (χ1n) is 3.87. The molecule has 1 fully saturated rings. The van der Waals surface area contributed by atoms with Gasteiger partial charge in [-0.3, -0.25) is 0 Å². The van der Waals surface area contributed by atoms with Gasteiger partial charge in [-0.15, -0.1) is 0 Å². The summed E-state index contributed by atoms with van der Waals surface area (Å²) in [6, 6.07) is 0. The van der Waals surface area contributed by atoms with Crippen molar-refractivity contribution in [1.29, 1.82) is 0 Å². The summed E-state index contributed by atoms with van der Waals surface area (Å²) in [5, 5.41) is 8.52. The molecule has 0 aromatic rings. The van der Waals surface area contributed by atoms with Gasteiger partial charge in [-0.05, 0) is 12.8 Å². The van der Waals surface area contributed by atoms with Crippen LogP contribution in [0.3, 0.4) is 0 Å². The van der Waals surface area contributed by atoms with Crippen molar-refractivity contribution in [2.75, 3.05) is 13.1 Å². The van der Waals surface area contributed by atoms with Crippen LogP contribution in [0.2, 0.25) is 0 Å². The van der Waals surface area contributed by atoms with Crippen LogP contribution in [0.25, 0.3) is 0 Å². The third-order valence-electron chi connectivity index (χ3n) is 2.08. The molecule has 1 saturated heterocycles. The summed E-state index contributed by atoms with van der Waals surface area (Å²) in [6.07, 6.45) is -2.52. The van der Waals surface area contributed by atoms with Crippen LogP contribution in [0, 0.1) is 5.92 Å². The third-order valence-corrected chi connectivity index (χ3v) is 2.08. The number of carboxylic acid groups (broad SMARTS) is 1. The number of piperidine rings is 1. The molecule has 5 heteroatoms. The minimum atomic E-state index is -2.40. The number of rotatable bonds is 1. The lowest BCUT2D eigenvalue weighted by Gasteiger charge is -2.29. The molecule has 0 aliphatic carbocycles. The van der Waals surface area contributed by atoms with Gasteiger partial charge in [-0.25, -0.2) is 13.6 Å². The minimum absolute atomic E-state index is 0.0208. The predicted molar refractivity (Wildman–Crippen MR) is 38.3 cm³/mol. The summed E-state index contributed by atoms with van der Waals surface area (Å²) in [5.41, 5.74) is 0. The van der Waals surface area contributed by atoms with E-state index < -0.39 is 18.4 Å². The molecule has 0 unspecified atom stereocenters. The molecule has 1 aliphatic rings. The number of alkyl halides is 2. The molecule has 70 valence electrons. The van der Waals surface area contributed by atoms with Gasteiger partial charge in [0.05, 0.1) is 0 Å². The fraction of sp³-hybridized carbons (Fsp3) is 0.857. The summed E-state index contributed by atoms with van der Waals surface area (Å²) in [7, 11) is 0. The average molecular weight is 179 g/mol. The Bertz CT molecular complexity index is 175. The lowest BCUT2D eigenvalue weighted by molar-refractivity contribution is 0.0299. The maximum Gasteiger partial charge on any atom is 0.407 e. The topological polar surface area (TPSA) is 40.5 Å². The summed E-state index contributed by atoms with van der Waals surface area (Å²) in [5.74, 6) is -0.769. The SMILES string of the molecule is O=C(O)N1CCC[C@H](C(F)F)C1.